The van der Waals surface area contributed by atoms with Crippen molar-refractivity contribution in [2.24, 2.45) is 5.73 Å². The molecular weight excluding hydrogens is 326 g/mol. The van der Waals surface area contributed by atoms with Gasteiger partial charge >= 0.3 is 0 Å². The zero-order chi connectivity index (χ0) is 18.4. The second-order valence-electron chi connectivity index (χ2n) is 6.16. The van der Waals surface area contributed by atoms with Crippen molar-refractivity contribution < 1.29 is 9.59 Å². The molecule has 26 heavy (non-hydrogen) atoms. The highest BCUT2D eigenvalue weighted by Crippen LogP contribution is 2.17. The number of benzene rings is 2. The first-order valence-corrected chi connectivity index (χ1v) is 8.69. The zero-order valence-electron chi connectivity index (χ0n) is 14.5. The lowest BCUT2D eigenvalue weighted by molar-refractivity contribution is -0.117. The zero-order valence-corrected chi connectivity index (χ0v) is 14.5. The summed E-state index contributed by atoms with van der Waals surface area (Å²) in [6.07, 6.45) is 5.54. The summed E-state index contributed by atoms with van der Waals surface area (Å²) in [6.45, 7) is 0.578. The summed E-state index contributed by atoms with van der Waals surface area (Å²) in [5, 5.41) is 4.10. The van der Waals surface area contributed by atoms with Gasteiger partial charge in [-0.3, -0.25) is 9.59 Å². The maximum atomic E-state index is 12.0. The molecule has 1 heterocycles. The summed E-state index contributed by atoms with van der Waals surface area (Å²) in [5.41, 5.74) is 9.04. The monoisotopic (exact) mass is 348 g/mol. The molecule has 3 rings (SSSR count). The number of nitrogens with one attached hydrogen (secondary N) is 2. The smallest absolute Gasteiger partial charge is 0.248 e. The Balaban J connectivity index is 1.43. The van der Waals surface area contributed by atoms with Gasteiger partial charge in [-0.25, -0.2) is 0 Å². The molecule has 0 bridgehead atoms. The molecule has 5 nitrogen and oxygen atoms in total. The van der Waals surface area contributed by atoms with E-state index >= 15 is 0 Å². The van der Waals surface area contributed by atoms with Gasteiger partial charge in [0.05, 0.1) is 0 Å². The fourth-order valence-corrected chi connectivity index (χ4v) is 3.07. The fraction of sp³-hybridized carbons (Fsp3) is 0.190. The number of aromatic nitrogens is 1. The van der Waals surface area contributed by atoms with Crippen LogP contribution in [-0.2, 0) is 17.6 Å². The molecule has 5 heteroatoms. The number of carbonyl (C=O) groups is 2. The van der Waals surface area contributed by atoms with Crippen LogP contribution in [0.4, 0.5) is 0 Å². The average Bonchev–Trinajstić information content (AvgIpc) is 3.05. The van der Waals surface area contributed by atoms with Gasteiger partial charge in [0.15, 0.2) is 0 Å². The number of H-pyrrole nitrogens is 1. The Kier molecular flexibility index (Phi) is 5.69. The third kappa shape index (κ3) is 4.30. The fourth-order valence-electron chi connectivity index (χ4n) is 3.07. The van der Waals surface area contributed by atoms with Crippen molar-refractivity contribution in [3.05, 3.63) is 77.8 Å². The number of aryl methyl sites for hydroxylation is 1. The molecule has 0 aliphatic heterocycles. The van der Waals surface area contributed by atoms with Gasteiger partial charge in [-0.2, -0.15) is 0 Å². The Labute approximate surface area is 152 Å². The third-order valence-corrected chi connectivity index (χ3v) is 4.39. The molecule has 0 unspecified atom stereocenters. The van der Waals surface area contributed by atoms with Crippen LogP contribution in [0.15, 0.2) is 54.7 Å². The maximum absolute atomic E-state index is 12.0. The number of hydrogen-bond donors (Lipinski definition) is 3. The van der Waals surface area contributed by atoms with Crippen LogP contribution in [0.3, 0.4) is 0 Å². The minimum Gasteiger partial charge on any atom is -0.366 e. The number of para-hydroxylation sites is 1. The lowest BCUT2D eigenvalue weighted by atomic mass is 10.0. The molecule has 0 saturated heterocycles. The van der Waals surface area contributed by atoms with E-state index in [-0.39, 0.29) is 5.91 Å². The SMILES string of the molecule is NC(=O)c1ccccc1CC[CH]C(=O)NCCc1c[nH]c2ccccc12. The summed E-state index contributed by atoms with van der Waals surface area (Å²) in [6, 6.07) is 15.3. The van der Waals surface area contributed by atoms with Gasteiger partial charge in [0.2, 0.25) is 11.8 Å². The van der Waals surface area contributed by atoms with E-state index in [9.17, 15) is 9.59 Å². The van der Waals surface area contributed by atoms with Gasteiger partial charge in [0, 0.05) is 35.6 Å². The molecule has 133 valence electrons. The Morgan fingerprint density at radius 3 is 2.62 bits per heavy atom. The summed E-state index contributed by atoms with van der Waals surface area (Å²) < 4.78 is 0. The number of hydrogen-bond acceptors (Lipinski definition) is 2. The molecule has 2 amide bonds. The number of carbonyl (C=O) groups excluding carboxylic acids is 2. The number of aromatic amines is 1. The normalized spacial score (nSPS) is 10.8. The molecule has 0 saturated carbocycles. The highest BCUT2D eigenvalue weighted by Gasteiger charge is 2.09. The van der Waals surface area contributed by atoms with Gasteiger partial charge in [-0.1, -0.05) is 36.4 Å². The highest BCUT2D eigenvalue weighted by atomic mass is 16.1. The summed E-state index contributed by atoms with van der Waals surface area (Å²) in [5.74, 6) is -0.537. The van der Waals surface area contributed by atoms with Crippen molar-refractivity contribution in [2.45, 2.75) is 19.3 Å². The van der Waals surface area contributed by atoms with E-state index in [2.05, 4.69) is 16.4 Å². The maximum Gasteiger partial charge on any atom is 0.248 e. The Bertz CT molecular complexity index is 914. The van der Waals surface area contributed by atoms with Crippen LogP contribution in [0, 0.1) is 6.42 Å². The molecule has 0 fully saturated rings. The Morgan fingerprint density at radius 2 is 1.77 bits per heavy atom. The highest BCUT2D eigenvalue weighted by molar-refractivity contribution is 5.94. The molecule has 0 aliphatic rings. The predicted molar refractivity (Wildman–Crippen MR) is 103 cm³/mol. The molecule has 1 aromatic heterocycles. The molecule has 0 aliphatic carbocycles. The molecule has 0 spiro atoms. The summed E-state index contributed by atoms with van der Waals surface area (Å²) in [7, 11) is 0. The first kappa shape index (κ1) is 17.7. The van der Waals surface area contributed by atoms with Crippen LogP contribution in [0.5, 0.6) is 0 Å². The molecule has 0 atom stereocenters. The minimum atomic E-state index is -0.441. The van der Waals surface area contributed by atoms with Gasteiger partial charge in [0.25, 0.3) is 0 Å². The van der Waals surface area contributed by atoms with E-state index < -0.39 is 5.91 Å². The average molecular weight is 348 g/mol. The van der Waals surface area contributed by atoms with Crippen molar-refractivity contribution in [3.63, 3.8) is 0 Å². The number of primary amides is 1. The van der Waals surface area contributed by atoms with Crippen molar-refractivity contribution in [1.29, 1.82) is 0 Å². The van der Waals surface area contributed by atoms with Gasteiger partial charge in [-0.05, 0) is 42.5 Å². The van der Waals surface area contributed by atoms with Gasteiger partial charge < -0.3 is 16.0 Å². The topological polar surface area (TPSA) is 88.0 Å². The Morgan fingerprint density at radius 1 is 1.00 bits per heavy atom. The summed E-state index contributed by atoms with van der Waals surface area (Å²) in [4.78, 5) is 26.6. The quantitative estimate of drug-likeness (QED) is 0.584. The van der Waals surface area contributed by atoms with E-state index in [1.165, 1.54) is 10.9 Å². The van der Waals surface area contributed by atoms with E-state index in [1.807, 2.05) is 36.5 Å². The van der Waals surface area contributed by atoms with Crippen LogP contribution < -0.4 is 11.1 Å². The van der Waals surface area contributed by atoms with Crippen LogP contribution in [-0.4, -0.2) is 23.3 Å². The van der Waals surface area contributed by atoms with E-state index in [0.29, 0.717) is 24.9 Å². The predicted octanol–water partition coefficient (Wildman–Crippen LogP) is 2.76. The number of amides is 2. The van der Waals surface area contributed by atoms with Crippen molar-refractivity contribution in [1.82, 2.24) is 10.3 Å². The molecule has 4 N–H and O–H groups in total. The van der Waals surface area contributed by atoms with Crippen molar-refractivity contribution in [2.75, 3.05) is 6.54 Å². The van der Waals surface area contributed by atoms with E-state index in [1.54, 1.807) is 18.6 Å². The molecular formula is C21H22N3O2. The first-order valence-electron chi connectivity index (χ1n) is 8.69. The van der Waals surface area contributed by atoms with Crippen LogP contribution >= 0.6 is 0 Å². The van der Waals surface area contributed by atoms with Crippen LogP contribution in [0.2, 0.25) is 0 Å². The minimum absolute atomic E-state index is 0.0959. The lowest BCUT2D eigenvalue weighted by Crippen LogP contribution is -2.26. The molecule has 3 aromatic rings. The van der Waals surface area contributed by atoms with Gasteiger partial charge in [-0.15, -0.1) is 0 Å². The van der Waals surface area contributed by atoms with Gasteiger partial charge in [0.1, 0.15) is 0 Å². The molecule has 1 radical (unpaired) electrons. The van der Waals surface area contributed by atoms with E-state index in [0.717, 1.165) is 17.5 Å². The Hall–Kier alpha value is -3.08. The van der Waals surface area contributed by atoms with Crippen molar-refractivity contribution >= 4 is 22.7 Å². The number of rotatable bonds is 8. The van der Waals surface area contributed by atoms with E-state index in [4.69, 9.17) is 5.73 Å². The van der Waals surface area contributed by atoms with Crippen LogP contribution in [0.25, 0.3) is 10.9 Å². The second kappa shape index (κ2) is 8.34. The first-order chi connectivity index (χ1) is 12.6. The van der Waals surface area contributed by atoms with Crippen LogP contribution in [0.1, 0.15) is 27.9 Å². The molecule has 2 aromatic carbocycles. The largest absolute Gasteiger partial charge is 0.366 e. The van der Waals surface area contributed by atoms with Crippen molar-refractivity contribution in [3.8, 4) is 0 Å². The third-order valence-electron chi connectivity index (χ3n) is 4.39. The summed E-state index contributed by atoms with van der Waals surface area (Å²) >= 11 is 0. The lowest BCUT2D eigenvalue weighted by Gasteiger charge is -2.07. The number of nitrogens with two attached hydrogens (primary N) is 1. The second-order valence-corrected chi connectivity index (χ2v) is 6.16. The number of fused-ring (bicyclic) bond motifs is 1. The standard InChI is InChI=1S/C21H22N3O2/c22-21(26)18-9-2-1-6-15(18)7-5-11-20(25)23-13-12-16-14-24-19-10-4-3-8-17(16)19/h1-4,6,8-11,14,24H,5,7,12-13H2,(H2,22,26)(H,23,25).